The Morgan fingerprint density at radius 1 is 0.812 bits per heavy atom. The van der Waals surface area contributed by atoms with Crippen molar-refractivity contribution in [3.63, 3.8) is 0 Å². The molecule has 0 spiro atoms. The first-order valence-corrected chi connectivity index (χ1v) is 4.24. The van der Waals surface area contributed by atoms with Crippen LogP contribution < -0.4 is 0 Å². The van der Waals surface area contributed by atoms with E-state index in [4.69, 9.17) is 10.2 Å². The van der Waals surface area contributed by atoms with Gasteiger partial charge in [0, 0.05) is 0 Å². The number of carbonyl (C=O) groups is 2. The van der Waals surface area contributed by atoms with Gasteiger partial charge in [-0.25, -0.2) is 9.59 Å². The largest absolute Gasteiger partial charge is 0.467 e. The van der Waals surface area contributed by atoms with Gasteiger partial charge < -0.3 is 29.9 Å². The van der Waals surface area contributed by atoms with Gasteiger partial charge in [0.05, 0.1) is 14.2 Å². The van der Waals surface area contributed by atoms with E-state index in [9.17, 15) is 19.8 Å². The number of aliphatic hydroxyl groups is 4. The fourth-order valence-electron chi connectivity index (χ4n) is 0.894. The smallest absolute Gasteiger partial charge is 0.337 e. The third-order valence-electron chi connectivity index (χ3n) is 1.88. The minimum Gasteiger partial charge on any atom is -0.467 e. The maximum Gasteiger partial charge on any atom is 0.337 e. The van der Waals surface area contributed by atoms with Crippen LogP contribution in [0.25, 0.3) is 0 Å². The van der Waals surface area contributed by atoms with Crippen LogP contribution in [-0.2, 0) is 19.1 Å². The zero-order valence-corrected chi connectivity index (χ0v) is 8.73. The standard InChI is InChI=1S/C8H14O8/c1-15-7(13)5(11)3(9)4(10)6(12)8(14)16-2/h3-6,9-12H,1-2H3/t3-,4+,5-,6-/m0/s1. The molecule has 4 N–H and O–H groups in total. The fraction of sp³-hybridized carbons (Fsp3) is 0.750. The van der Waals surface area contributed by atoms with Crippen molar-refractivity contribution in [3.8, 4) is 0 Å². The summed E-state index contributed by atoms with van der Waals surface area (Å²) in [5.41, 5.74) is 0. The van der Waals surface area contributed by atoms with E-state index in [1.54, 1.807) is 0 Å². The van der Waals surface area contributed by atoms with Gasteiger partial charge >= 0.3 is 11.9 Å². The van der Waals surface area contributed by atoms with E-state index in [0.717, 1.165) is 14.2 Å². The van der Waals surface area contributed by atoms with Gasteiger partial charge in [-0.1, -0.05) is 0 Å². The summed E-state index contributed by atoms with van der Waals surface area (Å²) in [5.74, 6) is -2.41. The van der Waals surface area contributed by atoms with Crippen molar-refractivity contribution in [2.45, 2.75) is 24.4 Å². The van der Waals surface area contributed by atoms with Crippen LogP contribution in [-0.4, -0.2) is 71.0 Å². The molecule has 0 aliphatic rings. The summed E-state index contributed by atoms with van der Waals surface area (Å²) in [6.07, 6.45) is -8.28. The lowest BCUT2D eigenvalue weighted by molar-refractivity contribution is -0.176. The number of ether oxygens (including phenoxy) is 2. The molecule has 0 amide bonds. The number of aliphatic hydroxyl groups excluding tert-OH is 4. The Morgan fingerprint density at radius 3 is 1.25 bits per heavy atom. The molecule has 0 aromatic heterocycles. The number of carbonyl (C=O) groups excluding carboxylic acids is 2. The van der Waals surface area contributed by atoms with Gasteiger partial charge in [0.2, 0.25) is 0 Å². The zero-order valence-electron chi connectivity index (χ0n) is 8.73. The summed E-state index contributed by atoms with van der Waals surface area (Å²) in [4.78, 5) is 21.6. The second-order valence-electron chi connectivity index (χ2n) is 2.92. The summed E-state index contributed by atoms with van der Waals surface area (Å²) in [6, 6.07) is 0. The van der Waals surface area contributed by atoms with Crippen LogP contribution in [0.2, 0.25) is 0 Å². The van der Waals surface area contributed by atoms with E-state index < -0.39 is 36.4 Å². The molecule has 0 bridgehead atoms. The molecular weight excluding hydrogens is 224 g/mol. The highest BCUT2D eigenvalue weighted by Gasteiger charge is 2.38. The molecule has 94 valence electrons. The highest BCUT2D eigenvalue weighted by molar-refractivity contribution is 5.77. The molecule has 0 aromatic rings. The Balaban J connectivity index is 4.54. The maximum atomic E-state index is 10.8. The lowest BCUT2D eigenvalue weighted by Gasteiger charge is -2.23. The number of hydrogen-bond donors (Lipinski definition) is 4. The highest BCUT2D eigenvalue weighted by atomic mass is 16.5. The fourth-order valence-corrected chi connectivity index (χ4v) is 0.894. The molecule has 16 heavy (non-hydrogen) atoms. The predicted molar refractivity (Wildman–Crippen MR) is 48.1 cm³/mol. The first-order valence-electron chi connectivity index (χ1n) is 4.24. The highest BCUT2D eigenvalue weighted by Crippen LogP contribution is 2.07. The Kier molecular flexibility index (Phi) is 5.89. The van der Waals surface area contributed by atoms with Crippen LogP contribution in [0, 0.1) is 0 Å². The molecule has 0 fully saturated rings. The number of esters is 2. The molecule has 0 heterocycles. The molecule has 0 saturated carbocycles. The lowest BCUT2D eigenvalue weighted by Crippen LogP contribution is -2.50. The third-order valence-corrected chi connectivity index (χ3v) is 1.88. The lowest BCUT2D eigenvalue weighted by atomic mass is 10.0. The van der Waals surface area contributed by atoms with Crippen LogP contribution in [0.1, 0.15) is 0 Å². The van der Waals surface area contributed by atoms with Crippen LogP contribution in [0.4, 0.5) is 0 Å². The van der Waals surface area contributed by atoms with Gasteiger partial charge in [0.1, 0.15) is 12.2 Å². The summed E-state index contributed by atoms with van der Waals surface area (Å²) < 4.78 is 8.18. The molecular formula is C8H14O8. The Morgan fingerprint density at radius 2 is 1.06 bits per heavy atom. The SMILES string of the molecule is COC(=O)[C@@H](O)[C@H](O)[C@H](O)[C@H](O)C(=O)OC. The van der Waals surface area contributed by atoms with E-state index >= 15 is 0 Å². The molecule has 8 nitrogen and oxygen atoms in total. The Hall–Kier alpha value is -1.22. The first kappa shape index (κ1) is 14.8. The van der Waals surface area contributed by atoms with Crippen LogP contribution in [0.15, 0.2) is 0 Å². The topological polar surface area (TPSA) is 134 Å². The van der Waals surface area contributed by atoms with Gasteiger partial charge in [-0.15, -0.1) is 0 Å². The molecule has 0 aliphatic carbocycles. The third kappa shape index (κ3) is 3.42. The molecule has 0 radical (unpaired) electrons. The Labute approximate surface area is 91.0 Å². The first-order chi connectivity index (χ1) is 7.36. The maximum absolute atomic E-state index is 10.8. The van der Waals surface area contributed by atoms with Crippen LogP contribution in [0.3, 0.4) is 0 Å². The quantitative estimate of drug-likeness (QED) is 0.367. The normalized spacial score (nSPS) is 18.1. The van der Waals surface area contributed by atoms with Crippen molar-refractivity contribution < 1.29 is 39.5 Å². The molecule has 4 atom stereocenters. The van der Waals surface area contributed by atoms with Crippen molar-refractivity contribution in [3.05, 3.63) is 0 Å². The number of methoxy groups -OCH3 is 2. The molecule has 0 aromatic carbocycles. The van der Waals surface area contributed by atoms with Crippen molar-refractivity contribution in [2.24, 2.45) is 0 Å². The minimum atomic E-state index is -2.07. The average molecular weight is 238 g/mol. The van der Waals surface area contributed by atoms with Crippen LogP contribution in [0.5, 0.6) is 0 Å². The van der Waals surface area contributed by atoms with Gasteiger partial charge in [-0.2, -0.15) is 0 Å². The zero-order chi connectivity index (χ0) is 12.9. The van der Waals surface area contributed by atoms with Gasteiger partial charge in [0.25, 0.3) is 0 Å². The van der Waals surface area contributed by atoms with E-state index in [1.807, 2.05) is 0 Å². The summed E-state index contributed by atoms with van der Waals surface area (Å²) >= 11 is 0. The molecule has 8 heteroatoms. The second kappa shape index (κ2) is 6.38. The van der Waals surface area contributed by atoms with Crippen molar-refractivity contribution in [1.82, 2.24) is 0 Å². The van der Waals surface area contributed by atoms with E-state index in [-0.39, 0.29) is 0 Å². The van der Waals surface area contributed by atoms with Crippen molar-refractivity contribution in [2.75, 3.05) is 14.2 Å². The van der Waals surface area contributed by atoms with E-state index in [1.165, 1.54) is 0 Å². The monoisotopic (exact) mass is 238 g/mol. The van der Waals surface area contributed by atoms with E-state index in [0.29, 0.717) is 0 Å². The van der Waals surface area contributed by atoms with Gasteiger partial charge in [-0.05, 0) is 0 Å². The van der Waals surface area contributed by atoms with Crippen molar-refractivity contribution in [1.29, 1.82) is 0 Å². The minimum absolute atomic E-state index is 0.960. The summed E-state index contributed by atoms with van der Waals surface area (Å²) in [7, 11) is 1.92. The van der Waals surface area contributed by atoms with Gasteiger partial charge in [-0.3, -0.25) is 0 Å². The average Bonchev–Trinajstić information content (AvgIpc) is 2.32. The number of hydrogen-bond acceptors (Lipinski definition) is 8. The molecule has 0 unspecified atom stereocenters. The molecule has 0 saturated heterocycles. The number of rotatable bonds is 5. The molecule has 0 aliphatic heterocycles. The Bertz CT molecular complexity index is 226. The second-order valence-corrected chi connectivity index (χ2v) is 2.92. The van der Waals surface area contributed by atoms with Gasteiger partial charge in [0.15, 0.2) is 12.2 Å². The van der Waals surface area contributed by atoms with Crippen LogP contribution >= 0.6 is 0 Å². The van der Waals surface area contributed by atoms with E-state index in [2.05, 4.69) is 9.47 Å². The molecule has 0 rings (SSSR count). The summed E-state index contributed by atoms with van der Waals surface area (Å²) in [6.45, 7) is 0. The summed E-state index contributed by atoms with van der Waals surface area (Å²) in [5, 5.41) is 36.7. The van der Waals surface area contributed by atoms with Crippen molar-refractivity contribution >= 4 is 11.9 Å². The predicted octanol–water partition coefficient (Wildman–Crippen LogP) is -3.22.